The van der Waals surface area contributed by atoms with Crippen molar-refractivity contribution in [3.8, 4) is 0 Å². The van der Waals surface area contributed by atoms with Crippen molar-refractivity contribution < 1.29 is 9.32 Å². The molecule has 0 radical (unpaired) electrons. The van der Waals surface area contributed by atoms with Gasteiger partial charge in [-0.1, -0.05) is 5.16 Å². The van der Waals surface area contributed by atoms with Crippen molar-refractivity contribution in [2.24, 2.45) is 5.73 Å². The highest BCUT2D eigenvalue weighted by Crippen LogP contribution is 2.20. The fourth-order valence-corrected chi connectivity index (χ4v) is 1.34. The maximum absolute atomic E-state index is 11.6. The topological polar surface area (TPSA) is 72.4 Å². The lowest BCUT2D eigenvalue weighted by molar-refractivity contribution is -0.130. The largest absolute Gasteiger partial charge is 0.361 e. The van der Waals surface area contributed by atoms with Gasteiger partial charge in [-0.3, -0.25) is 4.79 Å². The minimum absolute atomic E-state index is 0.153. The highest BCUT2D eigenvalue weighted by Gasteiger charge is 2.24. The van der Waals surface area contributed by atoms with E-state index in [1.807, 2.05) is 0 Å². The van der Waals surface area contributed by atoms with Gasteiger partial charge in [-0.25, -0.2) is 0 Å². The number of nitrogens with two attached hydrogens (primary N) is 1. The van der Waals surface area contributed by atoms with Crippen LogP contribution in [0.15, 0.2) is 4.52 Å². The Kier molecular flexibility index (Phi) is 2.90. The zero-order chi connectivity index (χ0) is 10.9. The van der Waals surface area contributed by atoms with Crippen molar-refractivity contribution in [1.82, 2.24) is 10.1 Å². The van der Waals surface area contributed by atoms with Crippen LogP contribution in [0, 0.1) is 13.8 Å². The summed E-state index contributed by atoms with van der Waals surface area (Å²) >= 11 is 0. The first-order valence-electron chi connectivity index (χ1n) is 4.34. The number of carbonyl (C=O) groups excluding carboxylic acids is 1. The average Bonchev–Trinajstić information content (AvgIpc) is 2.44. The summed E-state index contributed by atoms with van der Waals surface area (Å²) < 4.78 is 4.95. The molecule has 0 saturated heterocycles. The second kappa shape index (κ2) is 3.79. The first-order chi connectivity index (χ1) is 6.45. The molecule has 5 nitrogen and oxygen atoms in total. The highest BCUT2D eigenvalue weighted by molar-refractivity contribution is 5.83. The summed E-state index contributed by atoms with van der Waals surface area (Å²) in [5, 5.41) is 3.75. The van der Waals surface area contributed by atoms with E-state index >= 15 is 0 Å². The third-order valence-electron chi connectivity index (χ3n) is 2.11. The zero-order valence-electron chi connectivity index (χ0n) is 8.87. The SMILES string of the molecule is Cc1noc(C)c1C(N)C(=O)N(C)C. The Morgan fingerprint density at radius 1 is 1.50 bits per heavy atom. The lowest BCUT2D eigenvalue weighted by atomic mass is 10.1. The third-order valence-corrected chi connectivity index (χ3v) is 2.11. The molecule has 78 valence electrons. The van der Waals surface area contributed by atoms with Gasteiger partial charge in [0.1, 0.15) is 11.8 Å². The number of likely N-dealkylation sites (N-methyl/N-ethyl adjacent to an activating group) is 1. The first-order valence-corrected chi connectivity index (χ1v) is 4.34. The van der Waals surface area contributed by atoms with Gasteiger partial charge in [-0.15, -0.1) is 0 Å². The van der Waals surface area contributed by atoms with Crippen LogP contribution >= 0.6 is 0 Å². The van der Waals surface area contributed by atoms with E-state index in [1.54, 1.807) is 27.9 Å². The van der Waals surface area contributed by atoms with Gasteiger partial charge in [-0.05, 0) is 13.8 Å². The van der Waals surface area contributed by atoms with Crippen LogP contribution in [0.3, 0.4) is 0 Å². The van der Waals surface area contributed by atoms with E-state index < -0.39 is 6.04 Å². The Balaban J connectivity index is 3.00. The predicted octanol–water partition coefficient (Wildman–Crippen LogP) is 0.379. The Morgan fingerprint density at radius 3 is 2.43 bits per heavy atom. The summed E-state index contributed by atoms with van der Waals surface area (Å²) in [6.45, 7) is 3.52. The van der Waals surface area contributed by atoms with Crippen molar-refractivity contribution in [3.05, 3.63) is 17.0 Å². The Bertz CT molecular complexity index is 324. The molecule has 0 aliphatic rings. The van der Waals surface area contributed by atoms with Crippen LogP contribution in [0.1, 0.15) is 23.1 Å². The summed E-state index contributed by atoms with van der Waals surface area (Å²) in [7, 11) is 3.33. The van der Waals surface area contributed by atoms with E-state index in [0.717, 1.165) is 0 Å². The summed E-state index contributed by atoms with van der Waals surface area (Å²) in [6.07, 6.45) is 0. The number of hydrogen-bond acceptors (Lipinski definition) is 4. The van der Waals surface area contributed by atoms with Gasteiger partial charge in [0.25, 0.3) is 0 Å². The molecule has 0 fully saturated rings. The second-order valence-electron chi connectivity index (χ2n) is 3.45. The molecule has 1 unspecified atom stereocenters. The molecule has 14 heavy (non-hydrogen) atoms. The molecule has 5 heteroatoms. The number of carbonyl (C=O) groups is 1. The molecule has 0 spiro atoms. The molecule has 0 aromatic carbocycles. The lowest BCUT2D eigenvalue weighted by Crippen LogP contribution is -2.33. The monoisotopic (exact) mass is 197 g/mol. The number of aryl methyl sites for hydroxylation is 2. The lowest BCUT2D eigenvalue weighted by Gasteiger charge is -2.16. The van der Waals surface area contributed by atoms with Gasteiger partial charge in [-0.2, -0.15) is 0 Å². The molecule has 0 saturated carbocycles. The van der Waals surface area contributed by atoms with Gasteiger partial charge in [0, 0.05) is 19.7 Å². The Morgan fingerprint density at radius 2 is 2.07 bits per heavy atom. The van der Waals surface area contributed by atoms with Gasteiger partial charge in [0.15, 0.2) is 0 Å². The van der Waals surface area contributed by atoms with E-state index in [-0.39, 0.29) is 5.91 Å². The summed E-state index contributed by atoms with van der Waals surface area (Å²) in [4.78, 5) is 13.0. The van der Waals surface area contributed by atoms with Gasteiger partial charge >= 0.3 is 0 Å². The molecule has 1 rings (SSSR count). The van der Waals surface area contributed by atoms with Crippen molar-refractivity contribution in [1.29, 1.82) is 0 Å². The van der Waals surface area contributed by atoms with Crippen LogP contribution in [0.4, 0.5) is 0 Å². The van der Waals surface area contributed by atoms with E-state index in [4.69, 9.17) is 10.3 Å². The maximum Gasteiger partial charge on any atom is 0.243 e. The van der Waals surface area contributed by atoms with Crippen molar-refractivity contribution in [2.45, 2.75) is 19.9 Å². The Hall–Kier alpha value is -1.36. The van der Waals surface area contributed by atoms with Gasteiger partial charge < -0.3 is 15.2 Å². The number of aromatic nitrogens is 1. The number of nitrogens with zero attached hydrogens (tertiary/aromatic N) is 2. The van der Waals surface area contributed by atoms with E-state index in [1.165, 1.54) is 4.90 Å². The third kappa shape index (κ3) is 1.77. The predicted molar refractivity (Wildman–Crippen MR) is 51.6 cm³/mol. The van der Waals surface area contributed by atoms with Crippen LogP contribution in [-0.4, -0.2) is 30.1 Å². The minimum atomic E-state index is -0.684. The molecular formula is C9H15N3O2. The van der Waals surface area contributed by atoms with Gasteiger partial charge in [0.2, 0.25) is 5.91 Å². The van der Waals surface area contributed by atoms with Crippen LogP contribution in [0.25, 0.3) is 0 Å². The fraction of sp³-hybridized carbons (Fsp3) is 0.556. The number of hydrogen-bond donors (Lipinski definition) is 1. The molecule has 0 bridgehead atoms. The number of amides is 1. The fourth-order valence-electron chi connectivity index (χ4n) is 1.34. The maximum atomic E-state index is 11.6. The van der Waals surface area contributed by atoms with Crippen molar-refractivity contribution in [3.63, 3.8) is 0 Å². The first kappa shape index (κ1) is 10.7. The molecule has 1 atom stereocenters. The molecule has 1 aromatic rings. The van der Waals surface area contributed by atoms with E-state index in [9.17, 15) is 4.79 Å². The molecule has 1 aromatic heterocycles. The molecule has 0 aliphatic carbocycles. The smallest absolute Gasteiger partial charge is 0.243 e. The summed E-state index contributed by atoms with van der Waals surface area (Å²) in [5.41, 5.74) is 7.15. The second-order valence-corrected chi connectivity index (χ2v) is 3.45. The molecule has 2 N–H and O–H groups in total. The average molecular weight is 197 g/mol. The van der Waals surface area contributed by atoms with Crippen molar-refractivity contribution >= 4 is 5.91 Å². The normalized spacial score (nSPS) is 12.6. The number of rotatable bonds is 2. The van der Waals surface area contributed by atoms with Crippen LogP contribution in [0.5, 0.6) is 0 Å². The quantitative estimate of drug-likeness (QED) is 0.744. The Labute approximate surface area is 82.8 Å². The molecule has 0 aliphatic heterocycles. The zero-order valence-corrected chi connectivity index (χ0v) is 8.87. The molecule has 1 heterocycles. The highest BCUT2D eigenvalue weighted by atomic mass is 16.5. The van der Waals surface area contributed by atoms with Crippen LogP contribution in [-0.2, 0) is 4.79 Å². The molecule has 1 amide bonds. The van der Waals surface area contributed by atoms with Crippen molar-refractivity contribution in [2.75, 3.05) is 14.1 Å². The molecular weight excluding hydrogens is 182 g/mol. The minimum Gasteiger partial charge on any atom is -0.361 e. The van der Waals surface area contributed by atoms with Crippen LogP contribution < -0.4 is 5.73 Å². The van der Waals surface area contributed by atoms with Gasteiger partial charge in [0.05, 0.1) is 5.69 Å². The van der Waals surface area contributed by atoms with E-state index in [2.05, 4.69) is 5.16 Å². The van der Waals surface area contributed by atoms with E-state index in [0.29, 0.717) is 17.0 Å². The standard InChI is InChI=1S/C9H15N3O2/c1-5-7(6(2)14-11-5)8(10)9(13)12(3)4/h8H,10H2,1-4H3. The van der Waals surface area contributed by atoms with Crippen LogP contribution in [0.2, 0.25) is 0 Å². The summed E-state index contributed by atoms with van der Waals surface area (Å²) in [5.74, 6) is 0.449. The summed E-state index contributed by atoms with van der Waals surface area (Å²) in [6, 6.07) is -0.684.